The average Bonchev–Trinajstić information content (AvgIpc) is 2.55. The van der Waals surface area contributed by atoms with Crippen molar-refractivity contribution in [2.75, 3.05) is 5.32 Å². The van der Waals surface area contributed by atoms with E-state index in [2.05, 4.69) is 19.2 Å². The van der Waals surface area contributed by atoms with Gasteiger partial charge in [-0.3, -0.25) is 4.79 Å². The second-order valence-corrected chi connectivity index (χ2v) is 6.05. The molecule has 0 heterocycles. The Morgan fingerprint density at radius 3 is 2.38 bits per heavy atom. The van der Waals surface area contributed by atoms with Gasteiger partial charge in [-0.25, -0.2) is 4.79 Å². The van der Waals surface area contributed by atoms with Gasteiger partial charge in [-0.05, 0) is 41.3 Å². The van der Waals surface area contributed by atoms with Crippen molar-refractivity contribution >= 4 is 35.2 Å². The fourth-order valence-electron chi connectivity index (χ4n) is 2.11. The van der Waals surface area contributed by atoms with Crippen LogP contribution in [0.25, 0.3) is 6.08 Å². The molecule has 0 aliphatic rings. The molecule has 0 atom stereocenters. The number of carbonyl (C=O) groups excluding carboxylic acids is 1. The summed E-state index contributed by atoms with van der Waals surface area (Å²) < 4.78 is 0. The first kappa shape index (κ1) is 17.8. The molecule has 0 fully saturated rings. The van der Waals surface area contributed by atoms with Crippen molar-refractivity contribution in [3.05, 3.63) is 70.3 Å². The van der Waals surface area contributed by atoms with E-state index in [1.54, 1.807) is 12.1 Å². The number of aromatic carboxylic acids is 1. The van der Waals surface area contributed by atoms with Gasteiger partial charge in [0.2, 0.25) is 5.91 Å². The molecule has 2 aromatic carbocycles. The summed E-state index contributed by atoms with van der Waals surface area (Å²) in [5.74, 6) is -1.03. The molecule has 0 radical (unpaired) electrons. The van der Waals surface area contributed by atoms with Crippen LogP contribution in [0.2, 0.25) is 5.02 Å². The molecule has 5 heteroatoms. The van der Waals surface area contributed by atoms with E-state index < -0.39 is 5.97 Å². The summed E-state index contributed by atoms with van der Waals surface area (Å²) in [5, 5.41) is 11.8. The minimum absolute atomic E-state index is 0.0530. The van der Waals surface area contributed by atoms with Crippen molar-refractivity contribution in [3.63, 3.8) is 0 Å². The number of carboxylic acids is 1. The number of amides is 1. The second kappa shape index (κ2) is 7.79. The number of hydrogen-bond acceptors (Lipinski definition) is 2. The van der Waals surface area contributed by atoms with Crippen molar-refractivity contribution in [1.82, 2.24) is 0 Å². The van der Waals surface area contributed by atoms with E-state index in [1.807, 2.05) is 24.3 Å². The van der Waals surface area contributed by atoms with Crippen molar-refractivity contribution in [1.29, 1.82) is 0 Å². The Morgan fingerprint density at radius 2 is 1.79 bits per heavy atom. The molecular weight excluding hydrogens is 326 g/mol. The zero-order valence-electron chi connectivity index (χ0n) is 13.4. The third-order valence-electron chi connectivity index (χ3n) is 3.49. The fraction of sp³-hybridized carbons (Fsp3) is 0.158. The molecule has 24 heavy (non-hydrogen) atoms. The van der Waals surface area contributed by atoms with Crippen LogP contribution in [-0.4, -0.2) is 17.0 Å². The molecule has 0 aliphatic carbocycles. The van der Waals surface area contributed by atoms with Crippen LogP contribution in [0.3, 0.4) is 0 Å². The maximum Gasteiger partial charge on any atom is 0.337 e. The lowest BCUT2D eigenvalue weighted by Crippen LogP contribution is -2.09. The monoisotopic (exact) mass is 343 g/mol. The highest BCUT2D eigenvalue weighted by molar-refractivity contribution is 6.33. The molecule has 0 saturated carbocycles. The first-order valence-corrected chi connectivity index (χ1v) is 7.86. The molecular formula is C19H18ClNO3. The Bertz CT molecular complexity index is 780. The quantitative estimate of drug-likeness (QED) is 0.765. The highest BCUT2D eigenvalue weighted by Gasteiger charge is 2.10. The molecule has 0 bridgehead atoms. The Balaban J connectivity index is 2.05. The largest absolute Gasteiger partial charge is 0.478 e. The Morgan fingerprint density at radius 1 is 1.12 bits per heavy atom. The Labute approximate surface area is 145 Å². The van der Waals surface area contributed by atoms with E-state index >= 15 is 0 Å². The predicted molar refractivity (Wildman–Crippen MR) is 96.6 cm³/mol. The van der Waals surface area contributed by atoms with E-state index in [0.717, 1.165) is 5.56 Å². The van der Waals surface area contributed by atoms with Crippen LogP contribution >= 0.6 is 11.6 Å². The predicted octanol–water partition coefficient (Wildman–Crippen LogP) is 4.81. The summed E-state index contributed by atoms with van der Waals surface area (Å²) >= 11 is 5.80. The molecule has 0 saturated heterocycles. The summed E-state index contributed by atoms with van der Waals surface area (Å²) in [5.41, 5.74) is 2.47. The molecule has 1 amide bonds. The third-order valence-corrected chi connectivity index (χ3v) is 3.82. The fourth-order valence-corrected chi connectivity index (χ4v) is 2.31. The summed E-state index contributed by atoms with van der Waals surface area (Å²) in [6.45, 7) is 4.24. The van der Waals surface area contributed by atoms with Crippen LogP contribution < -0.4 is 5.32 Å². The standard InChI is InChI=1S/C19H18ClNO3/c1-12(2)14-6-3-13(4-7-14)5-10-18(22)21-15-8-9-17(20)16(11-15)19(23)24/h3-12H,1-2H3,(H,21,22)(H,23,24)/b10-5+. The van der Waals surface area contributed by atoms with E-state index in [9.17, 15) is 9.59 Å². The number of nitrogens with one attached hydrogen (secondary N) is 1. The molecule has 0 aromatic heterocycles. The number of benzene rings is 2. The van der Waals surface area contributed by atoms with Gasteiger partial charge in [0.25, 0.3) is 0 Å². The Hall–Kier alpha value is -2.59. The molecule has 0 unspecified atom stereocenters. The lowest BCUT2D eigenvalue weighted by Gasteiger charge is -2.06. The molecule has 4 nitrogen and oxygen atoms in total. The van der Waals surface area contributed by atoms with Gasteiger partial charge in [0.15, 0.2) is 0 Å². The van der Waals surface area contributed by atoms with Crippen LogP contribution in [0.4, 0.5) is 5.69 Å². The van der Waals surface area contributed by atoms with Crippen LogP contribution in [-0.2, 0) is 4.79 Å². The van der Waals surface area contributed by atoms with Crippen LogP contribution in [0.1, 0.15) is 41.3 Å². The van der Waals surface area contributed by atoms with Crippen LogP contribution in [0.5, 0.6) is 0 Å². The topological polar surface area (TPSA) is 66.4 Å². The van der Waals surface area contributed by atoms with Gasteiger partial charge >= 0.3 is 5.97 Å². The lowest BCUT2D eigenvalue weighted by molar-refractivity contribution is -0.111. The van der Waals surface area contributed by atoms with Gasteiger partial charge in [-0.15, -0.1) is 0 Å². The first-order valence-electron chi connectivity index (χ1n) is 7.48. The zero-order chi connectivity index (χ0) is 17.7. The second-order valence-electron chi connectivity index (χ2n) is 5.64. The number of anilines is 1. The SMILES string of the molecule is CC(C)c1ccc(/C=C/C(=O)Nc2ccc(Cl)c(C(=O)O)c2)cc1. The van der Waals surface area contributed by atoms with E-state index in [1.165, 1.54) is 23.8 Å². The normalized spacial score (nSPS) is 11.0. The van der Waals surface area contributed by atoms with E-state index in [-0.39, 0.29) is 16.5 Å². The molecule has 2 rings (SSSR count). The van der Waals surface area contributed by atoms with E-state index in [0.29, 0.717) is 11.6 Å². The van der Waals surface area contributed by atoms with Crippen LogP contribution in [0, 0.1) is 0 Å². The number of carbonyl (C=O) groups is 2. The first-order chi connectivity index (χ1) is 11.4. The average molecular weight is 344 g/mol. The minimum Gasteiger partial charge on any atom is -0.478 e. The Kier molecular flexibility index (Phi) is 5.77. The number of carboxylic acid groups (broad SMARTS) is 1. The maximum absolute atomic E-state index is 11.9. The smallest absolute Gasteiger partial charge is 0.337 e. The molecule has 0 aliphatic heterocycles. The van der Waals surface area contributed by atoms with Gasteiger partial charge < -0.3 is 10.4 Å². The van der Waals surface area contributed by atoms with Gasteiger partial charge in [0.1, 0.15) is 0 Å². The van der Waals surface area contributed by atoms with Crippen LogP contribution in [0.15, 0.2) is 48.5 Å². The van der Waals surface area contributed by atoms with E-state index in [4.69, 9.17) is 16.7 Å². The molecule has 2 N–H and O–H groups in total. The van der Waals surface area contributed by atoms with Gasteiger partial charge in [-0.2, -0.15) is 0 Å². The lowest BCUT2D eigenvalue weighted by atomic mass is 10.0. The summed E-state index contributed by atoms with van der Waals surface area (Å²) in [7, 11) is 0. The summed E-state index contributed by atoms with van der Waals surface area (Å²) in [6, 6.07) is 12.3. The maximum atomic E-state index is 11.9. The highest BCUT2D eigenvalue weighted by Crippen LogP contribution is 2.20. The highest BCUT2D eigenvalue weighted by atomic mass is 35.5. The zero-order valence-corrected chi connectivity index (χ0v) is 14.2. The molecule has 0 spiro atoms. The van der Waals surface area contributed by atoms with Crippen molar-refractivity contribution in [2.45, 2.75) is 19.8 Å². The van der Waals surface area contributed by atoms with Crippen molar-refractivity contribution in [3.8, 4) is 0 Å². The number of rotatable bonds is 5. The van der Waals surface area contributed by atoms with Gasteiger partial charge in [0, 0.05) is 11.8 Å². The third kappa shape index (κ3) is 4.70. The minimum atomic E-state index is -1.14. The molecule has 2 aromatic rings. The van der Waals surface area contributed by atoms with Gasteiger partial charge in [0.05, 0.1) is 10.6 Å². The van der Waals surface area contributed by atoms with Crippen molar-refractivity contribution < 1.29 is 14.7 Å². The van der Waals surface area contributed by atoms with Crippen molar-refractivity contribution in [2.24, 2.45) is 0 Å². The summed E-state index contributed by atoms with van der Waals surface area (Å²) in [4.78, 5) is 23.0. The van der Waals surface area contributed by atoms with Gasteiger partial charge in [-0.1, -0.05) is 49.7 Å². The number of hydrogen-bond donors (Lipinski definition) is 2. The molecule has 124 valence electrons. The number of halogens is 1. The summed E-state index contributed by atoms with van der Waals surface area (Å²) in [6.07, 6.45) is 3.10.